The molecule has 3 heteroatoms. The van der Waals surface area contributed by atoms with Gasteiger partial charge in [-0.25, -0.2) is 0 Å². The highest BCUT2D eigenvalue weighted by molar-refractivity contribution is 5.29. The van der Waals surface area contributed by atoms with Crippen LogP contribution in [0.25, 0.3) is 0 Å². The molecule has 1 atom stereocenters. The van der Waals surface area contributed by atoms with E-state index in [0.29, 0.717) is 18.1 Å². The number of hydrogen-bond acceptors (Lipinski definition) is 3. The van der Waals surface area contributed by atoms with Crippen molar-refractivity contribution in [1.82, 2.24) is 4.90 Å². The summed E-state index contributed by atoms with van der Waals surface area (Å²) in [6, 6.07) is 10.0. The summed E-state index contributed by atoms with van der Waals surface area (Å²) in [5, 5.41) is 0. The topological polar surface area (TPSA) is 38.5 Å². The van der Waals surface area contributed by atoms with Crippen molar-refractivity contribution in [3.05, 3.63) is 29.8 Å². The lowest BCUT2D eigenvalue weighted by Gasteiger charge is -2.37. The molecule has 0 heterocycles. The van der Waals surface area contributed by atoms with Crippen LogP contribution in [-0.2, 0) is 0 Å². The Balaban J connectivity index is 1.97. The van der Waals surface area contributed by atoms with Crippen LogP contribution in [0, 0.1) is 0 Å². The fourth-order valence-corrected chi connectivity index (χ4v) is 3.07. The molecule has 1 aromatic carbocycles. The zero-order valence-corrected chi connectivity index (χ0v) is 13.0. The van der Waals surface area contributed by atoms with Gasteiger partial charge in [-0.1, -0.05) is 12.1 Å². The van der Waals surface area contributed by atoms with Gasteiger partial charge in [0.05, 0.1) is 6.61 Å². The predicted octanol–water partition coefficient (Wildman–Crippen LogP) is 3.35. The number of ether oxygens (including phenoxy) is 1. The quantitative estimate of drug-likeness (QED) is 0.896. The molecule has 1 aromatic rings. The van der Waals surface area contributed by atoms with Crippen LogP contribution >= 0.6 is 0 Å². The van der Waals surface area contributed by atoms with Crippen molar-refractivity contribution in [2.75, 3.05) is 13.7 Å². The molecule has 0 radical (unpaired) electrons. The molecule has 1 aliphatic rings. The van der Waals surface area contributed by atoms with Crippen LogP contribution in [0.4, 0.5) is 0 Å². The van der Waals surface area contributed by atoms with Gasteiger partial charge in [0.25, 0.3) is 0 Å². The van der Waals surface area contributed by atoms with Crippen LogP contribution in [0.3, 0.4) is 0 Å². The molecular weight excluding hydrogens is 248 g/mol. The van der Waals surface area contributed by atoms with Crippen LogP contribution in [0.2, 0.25) is 0 Å². The van der Waals surface area contributed by atoms with E-state index in [1.165, 1.54) is 18.4 Å². The molecule has 0 spiro atoms. The molecule has 2 rings (SSSR count). The second kappa shape index (κ2) is 7.09. The van der Waals surface area contributed by atoms with Gasteiger partial charge >= 0.3 is 0 Å². The first-order chi connectivity index (χ1) is 9.61. The van der Waals surface area contributed by atoms with Gasteiger partial charge < -0.3 is 10.5 Å². The summed E-state index contributed by atoms with van der Waals surface area (Å²) < 4.78 is 5.50. The van der Waals surface area contributed by atoms with Crippen molar-refractivity contribution in [2.24, 2.45) is 5.73 Å². The number of nitrogens with zero attached hydrogens (tertiary/aromatic N) is 1. The number of hydrogen-bond donors (Lipinski definition) is 1. The SMILES string of the molecule is CCOc1ccc(C(C)N(C)C2CCC(N)CC2)cc1. The molecule has 0 bridgehead atoms. The van der Waals surface area contributed by atoms with Crippen LogP contribution in [0.5, 0.6) is 5.75 Å². The van der Waals surface area contributed by atoms with Gasteiger partial charge in [0.1, 0.15) is 5.75 Å². The second-order valence-electron chi connectivity index (χ2n) is 5.91. The Morgan fingerprint density at radius 2 is 1.80 bits per heavy atom. The van der Waals surface area contributed by atoms with Gasteiger partial charge in [0, 0.05) is 18.1 Å². The van der Waals surface area contributed by atoms with Crippen molar-refractivity contribution in [3.63, 3.8) is 0 Å². The third-order valence-electron chi connectivity index (χ3n) is 4.60. The average Bonchev–Trinajstić information content (AvgIpc) is 2.48. The van der Waals surface area contributed by atoms with Gasteiger partial charge in [0.2, 0.25) is 0 Å². The minimum absolute atomic E-state index is 0.417. The number of nitrogens with two attached hydrogens (primary N) is 1. The fraction of sp³-hybridized carbons (Fsp3) is 0.647. The maximum absolute atomic E-state index is 6.00. The molecule has 1 aliphatic carbocycles. The molecule has 1 fully saturated rings. The van der Waals surface area contributed by atoms with E-state index in [-0.39, 0.29) is 0 Å². The molecule has 2 N–H and O–H groups in total. The maximum Gasteiger partial charge on any atom is 0.119 e. The average molecular weight is 276 g/mol. The predicted molar refractivity (Wildman–Crippen MR) is 84.0 cm³/mol. The Kier molecular flexibility index (Phi) is 5.44. The maximum atomic E-state index is 6.00. The lowest BCUT2D eigenvalue weighted by Crippen LogP contribution is -2.39. The van der Waals surface area contributed by atoms with Crippen LogP contribution < -0.4 is 10.5 Å². The van der Waals surface area contributed by atoms with Crippen LogP contribution in [0.15, 0.2) is 24.3 Å². The van der Waals surface area contributed by atoms with Gasteiger partial charge in [-0.05, 0) is 64.3 Å². The zero-order valence-electron chi connectivity index (χ0n) is 13.0. The Labute approximate surface area is 123 Å². The van der Waals surface area contributed by atoms with E-state index in [0.717, 1.165) is 25.2 Å². The molecule has 20 heavy (non-hydrogen) atoms. The van der Waals surface area contributed by atoms with Gasteiger partial charge in [-0.15, -0.1) is 0 Å². The molecule has 1 unspecified atom stereocenters. The molecular formula is C17H28N2O. The van der Waals surface area contributed by atoms with Gasteiger partial charge in [-0.3, -0.25) is 4.90 Å². The van der Waals surface area contributed by atoms with E-state index in [2.05, 4.69) is 43.1 Å². The van der Waals surface area contributed by atoms with Gasteiger partial charge in [0.15, 0.2) is 0 Å². The summed E-state index contributed by atoms with van der Waals surface area (Å²) in [6.45, 7) is 5.01. The monoisotopic (exact) mass is 276 g/mol. The van der Waals surface area contributed by atoms with E-state index < -0.39 is 0 Å². The highest BCUT2D eigenvalue weighted by atomic mass is 16.5. The summed E-state index contributed by atoms with van der Waals surface area (Å²) in [4.78, 5) is 2.50. The Morgan fingerprint density at radius 3 is 2.35 bits per heavy atom. The highest BCUT2D eigenvalue weighted by Crippen LogP contribution is 2.29. The fourth-order valence-electron chi connectivity index (χ4n) is 3.07. The first-order valence-corrected chi connectivity index (χ1v) is 7.82. The molecule has 112 valence electrons. The molecule has 0 amide bonds. The first kappa shape index (κ1) is 15.3. The van der Waals surface area contributed by atoms with Crippen molar-refractivity contribution < 1.29 is 4.74 Å². The standard InChI is InChI=1S/C17H28N2O/c1-4-20-17-11-5-14(6-12-17)13(2)19(3)16-9-7-15(18)8-10-16/h5-6,11-13,15-16H,4,7-10,18H2,1-3H3. The third kappa shape index (κ3) is 3.74. The lowest BCUT2D eigenvalue weighted by atomic mass is 9.90. The third-order valence-corrected chi connectivity index (χ3v) is 4.60. The molecule has 0 aromatic heterocycles. The van der Waals surface area contributed by atoms with E-state index in [1.807, 2.05) is 6.92 Å². The Morgan fingerprint density at radius 1 is 1.20 bits per heavy atom. The largest absolute Gasteiger partial charge is 0.494 e. The van der Waals surface area contributed by atoms with Crippen molar-refractivity contribution in [3.8, 4) is 5.75 Å². The van der Waals surface area contributed by atoms with Gasteiger partial charge in [-0.2, -0.15) is 0 Å². The smallest absolute Gasteiger partial charge is 0.119 e. The summed E-state index contributed by atoms with van der Waals surface area (Å²) in [6.07, 6.45) is 4.76. The first-order valence-electron chi connectivity index (χ1n) is 7.82. The summed E-state index contributed by atoms with van der Waals surface area (Å²) in [5.74, 6) is 0.953. The van der Waals surface area contributed by atoms with Crippen molar-refractivity contribution in [1.29, 1.82) is 0 Å². The van der Waals surface area contributed by atoms with Crippen LogP contribution in [0.1, 0.15) is 51.1 Å². The lowest BCUT2D eigenvalue weighted by molar-refractivity contribution is 0.140. The number of rotatable bonds is 5. The van der Waals surface area contributed by atoms with Crippen LogP contribution in [-0.4, -0.2) is 30.6 Å². The molecule has 3 nitrogen and oxygen atoms in total. The Bertz CT molecular complexity index is 396. The van der Waals surface area contributed by atoms with E-state index in [4.69, 9.17) is 10.5 Å². The molecule has 0 saturated heterocycles. The summed E-state index contributed by atoms with van der Waals surface area (Å²) >= 11 is 0. The minimum Gasteiger partial charge on any atom is -0.494 e. The van der Waals surface area contributed by atoms with E-state index in [1.54, 1.807) is 0 Å². The molecule has 1 saturated carbocycles. The molecule has 0 aliphatic heterocycles. The Hall–Kier alpha value is -1.06. The van der Waals surface area contributed by atoms with Crippen molar-refractivity contribution in [2.45, 2.75) is 57.7 Å². The minimum atomic E-state index is 0.417. The van der Waals surface area contributed by atoms with E-state index in [9.17, 15) is 0 Å². The summed E-state index contributed by atoms with van der Waals surface area (Å²) in [5.41, 5.74) is 7.35. The highest BCUT2D eigenvalue weighted by Gasteiger charge is 2.25. The zero-order chi connectivity index (χ0) is 14.5. The van der Waals surface area contributed by atoms with E-state index >= 15 is 0 Å². The summed E-state index contributed by atoms with van der Waals surface area (Å²) in [7, 11) is 2.24. The van der Waals surface area contributed by atoms with Crippen molar-refractivity contribution >= 4 is 0 Å². The number of benzene rings is 1. The normalized spacial score (nSPS) is 24.6. The second-order valence-corrected chi connectivity index (χ2v) is 5.91.